The van der Waals surface area contributed by atoms with E-state index < -0.39 is 12.0 Å². The van der Waals surface area contributed by atoms with Crippen LogP contribution < -0.4 is 10.6 Å². The van der Waals surface area contributed by atoms with Crippen LogP contribution in [0.25, 0.3) is 0 Å². The Morgan fingerprint density at radius 3 is 2.65 bits per heavy atom. The number of rotatable bonds is 9. The standard InChI is InChI=1S/C27H46N2O4S/c1-26-11-9-20-24(22(30)15-18-16-28-13-12-27(18,20)2)19(26)8-7-17(26)5-4-6-23(31)29-21(25(32)33)10-14-34-3/h17-22,24,28,30H,4-16H2,1-3H3,(H,29,31)(H,32,33). The third kappa shape index (κ3) is 4.90. The molecule has 1 aliphatic heterocycles. The van der Waals surface area contributed by atoms with Gasteiger partial charge in [-0.15, -0.1) is 0 Å². The van der Waals surface area contributed by atoms with Gasteiger partial charge in [-0.05, 0) is 123 Å². The number of carbonyl (C=O) groups is 2. The first kappa shape index (κ1) is 26.3. The highest BCUT2D eigenvalue weighted by Crippen LogP contribution is 2.66. The number of aliphatic hydroxyl groups excluding tert-OH is 1. The van der Waals surface area contributed by atoms with E-state index in [4.69, 9.17) is 0 Å². The number of aliphatic hydroxyl groups is 1. The van der Waals surface area contributed by atoms with Crippen molar-refractivity contribution in [3.8, 4) is 0 Å². The normalized spacial score (nSPS) is 42.2. The Morgan fingerprint density at radius 2 is 1.91 bits per heavy atom. The maximum Gasteiger partial charge on any atom is 0.326 e. The van der Waals surface area contributed by atoms with Gasteiger partial charge in [-0.3, -0.25) is 4.79 Å². The van der Waals surface area contributed by atoms with Crippen molar-refractivity contribution in [2.75, 3.05) is 25.1 Å². The van der Waals surface area contributed by atoms with Crippen LogP contribution in [0.5, 0.6) is 0 Å². The predicted octanol–water partition coefficient (Wildman–Crippen LogP) is 3.92. The van der Waals surface area contributed by atoms with E-state index in [0.29, 0.717) is 47.8 Å². The summed E-state index contributed by atoms with van der Waals surface area (Å²) in [5.41, 5.74) is 0.625. The van der Waals surface area contributed by atoms with Crippen molar-refractivity contribution >= 4 is 23.6 Å². The Balaban J connectivity index is 1.34. The van der Waals surface area contributed by atoms with Gasteiger partial charge in [0.05, 0.1) is 6.10 Å². The van der Waals surface area contributed by atoms with Crippen molar-refractivity contribution < 1.29 is 19.8 Å². The number of carboxylic acid groups (broad SMARTS) is 1. The van der Waals surface area contributed by atoms with Crippen molar-refractivity contribution in [2.24, 2.45) is 40.4 Å². The van der Waals surface area contributed by atoms with E-state index in [1.54, 1.807) is 11.8 Å². The summed E-state index contributed by atoms with van der Waals surface area (Å²) in [6, 6.07) is -0.781. The van der Waals surface area contributed by atoms with Crippen LogP contribution in [0.3, 0.4) is 0 Å². The fraction of sp³-hybridized carbons (Fsp3) is 0.926. The first-order valence-electron chi connectivity index (χ1n) is 13.6. The molecule has 0 aromatic rings. The third-order valence-corrected chi connectivity index (χ3v) is 11.4. The van der Waals surface area contributed by atoms with Gasteiger partial charge in [-0.25, -0.2) is 4.79 Å². The monoisotopic (exact) mass is 494 g/mol. The molecule has 4 aliphatic rings. The number of hydrogen-bond acceptors (Lipinski definition) is 5. The lowest BCUT2D eigenvalue weighted by Gasteiger charge is -2.62. The second-order valence-electron chi connectivity index (χ2n) is 12.2. The van der Waals surface area contributed by atoms with Gasteiger partial charge >= 0.3 is 5.97 Å². The van der Waals surface area contributed by atoms with Gasteiger partial charge in [0.25, 0.3) is 0 Å². The Labute approximate surface area is 209 Å². The molecule has 9 unspecified atom stereocenters. The van der Waals surface area contributed by atoms with Gasteiger partial charge in [0.15, 0.2) is 0 Å². The quantitative estimate of drug-likeness (QED) is 0.388. The van der Waals surface area contributed by atoms with Crippen LogP contribution in [-0.2, 0) is 9.59 Å². The van der Waals surface area contributed by atoms with Crippen molar-refractivity contribution in [1.82, 2.24) is 10.6 Å². The highest BCUT2D eigenvalue weighted by molar-refractivity contribution is 7.98. The molecule has 34 heavy (non-hydrogen) atoms. The molecule has 1 heterocycles. The molecule has 1 amide bonds. The van der Waals surface area contributed by atoms with E-state index in [9.17, 15) is 19.8 Å². The molecule has 1 saturated heterocycles. The van der Waals surface area contributed by atoms with E-state index in [0.717, 1.165) is 38.1 Å². The van der Waals surface area contributed by atoms with Gasteiger partial charge in [-0.1, -0.05) is 13.8 Å². The van der Waals surface area contributed by atoms with Crippen molar-refractivity contribution in [2.45, 2.75) is 90.2 Å². The maximum atomic E-state index is 12.4. The zero-order valence-corrected chi connectivity index (χ0v) is 22.2. The molecule has 7 heteroatoms. The molecule has 4 rings (SSSR count). The Morgan fingerprint density at radius 1 is 1.15 bits per heavy atom. The summed E-state index contributed by atoms with van der Waals surface area (Å²) in [5, 5.41) is 27.0. The average molecular weight is 495 g/mol. The molecule has 3 saturated carbocycles. The van der Waals surface area contributed by atoms with Crippen LogP contribution in [0.2, 0.25) is 0 Å². The number of carboxylic acids is 1. The van der Waals surface area contributed by atoms with E-state index >= 15 is 0 Å². The molecule has 4 fully saturated rings. The molecule has 9 atom stereocenters. The lowest BCUT2D eigenvalue weighted by molar-refractivity contribution is -0.159. The second kappa shape index (κ2) is 10.7. The molecule has 0 bridgehead atoms. The topological polar surface area (TPSA) is 98.7 Å². The average Bonchev–Trinajstić information content (AvgIpc) is 3.13. The number of hydrogen-bond donors (Lipinski definition) is 4. The predicted molar refractivity (Wildman–Crippen MR) is 137 cm³/mol. The highest BCUT2D eigenvalue weighted by atomic mass is 32.2. The second-order valence-corrected chi connectivity index (χ2v) is 13.2. The number of nitrogens with one attached hydrogen (secondary N) is 2. The minimum absolute atomic E-state index is 0.135. The SMILES string of the molecule is CSCCC(NC(=O)CCCC1CCC2C3C(O)CC4CNCCC4(C)C3CCC12C)C(=O)O. The van der Waals surface area contributed by atoms with Crippen molar-refractivity contribution in [3.05, 3.63) is 0 Å². The Hall–Kier alpha value is -0.790. The zero-order chi connectivity index (χ0) is 24.5. The lowest BCUT2D eigenvalue weighted by atomic mass is 9.45. The van der Waals surface area contributed by atoms with E-state index in [-0.39, 0.29) is 17.4 Å². The molecule has 6 nitrogen and oxygen atoms in total. The minimum atomic E-state index is -0.943. The summed E-state index contributed by atoms with van der Waals surface area (Å²) < 4.78 is 0. The van der Waals surface area contributed by atoms with Gasteiger partial charge in [0, 0.05) is 6.42 Å². The number of amides is 1. The van der Waals surface area contributed by atoms with Gasteiger partial charge in [0.1, 0.15) is 6.04 Å². The fourth-order valence-corrected chi connectivity index (χ4v) is 9.18. The lowest BCUT2D eigenvalue weighted by Crippen LogP contribution is -2.60. The van der Waals surface area contributed by atoms with Crippen LogP contribution in [0.1, 0.15) is 78.1 Å². The first-order chi connectivity index (χ1) is 16.2. The van der Waals surface area contributed by atoms with Gasteiger partial charge in [-0.2, -0.15) is 11.8 Å². The molecule has 3 aliphatic carbocycles. The van der Waals surface area contributed by atoms with Crippen LogP contribution >= 0.6 is 11.8 Å². The molecule has 0 radical (unpaired) electrons. The van der Waals surface area contributed by atoms with Gasteiger partial charge < -0.3 is 20.8 Å². The van der Waals surface area contributed by atoms with E-state index in [2.05, 4.69) is 24.5 Å². The molecule has 4 N–H and O–H groups in total. The maximum absolute atomic E-state index is 12.4. The summed E-state index contributed by atoms with van der Waals surface area (Å²) in [4.78, 5) is 23.9. The molecular formula is C27H46N2O4S. The summed E-state index contributed by atoms with van der Waals surface area (Å²) in [6.45, 7) is 7.15. The van der Waals surface area contributed by atoms with Gasteiger partial charge in [0.2, 0.25) is 5.91 Å². The Bertz CT molecular complexity index is 750. The summed E-state index contributed by atoms with van der Waals surface area (Å²) in [5.74, 6) is 2.51. The first-order valence-corrected chi connectivity index (χ1v) is 15.0. The summed E-state index contributed by atoms with van der Waals surface area (Å²) in [7, 11) is 0. The van der Waals surface area contributed by atoms with Crippen LogP contribution in [0, 0.1) is 40.4 Å². The molecule has 194 valence electrons. The zero-order valence-electron chi connectivity index (χ0n) is 21.4. The van der Waals surface area contributed by atoms with Crippen LogP contribution in [0.15, 0.2) is 0 Å². The molecule has 0 aromatic heterocycles. The number of fused-ring (bicyclic) bond motifs is 5. The van der Waals surface area contributed by atoms with Crippen LogP contribution in [-0.4, -0.2) is 59.3 Å². The third-order valence-electron chi connectivity index (χ3n) is 10.7. The molecular weight excluding hydrogens is 448 g/mol. The summed E-state index contributed by atoms with van der Waals surface area (Å²) >= 11 is 1.60. The Kier molecular flexibility index (Phi) is 8.25. The van der Waals surface area contributed by atoms with E-state index in [1.807, 2.05) is 6.26 Å². The van der Waals surface area contributed by atoms with E-state index in [1.165, 1.54) is 32.1 Å². The largest absolute Gasteiger partial charge is 0.480 e. The molecule has 0 aromatic carbocycles. The number of aliphatic carboxylic acids is 1. The molecule has 0 spiro atoms. The number of piperidine rings is 1. The smallest absolute Gasteiger partial charge is 0.326 e. The number of carbonyl (C=O) groups excluding carboxylic acids is 1. The fourth-order valence-electron chi connectivity index (χ4n) is 8.71. The van der Waals surface area contributed by atoms with Crippen LogP contribution in [0.4, 0.5) is 0 Å². The minimum Gasteiger partial charge on any atom is -0.480 e. The number of thioether (sulfide) groups is 1. The highest BCUT2D eigenvalue weighted by Gasteiger charge is 2.61. The van der Waals surface area contributed by atoms with Crippen molar-refractivity contribution in [3.63, 3.8) is 0 Å². The van der Waals surface area contributed by atoms with Crippen molar-refractivity contribution in [1.29, 1.82) is 0 Å². The summed E-state index contributed by atoms with van der Waals surface area (Å²) in [6.07, 6.45) is 11.6.